The fourth-order valence-electron chi connectivity index (χ4n) is 2.77. The van der Waals surface area contributed by atoms with Gasteiger partial charge in [0, 0.05) is 0 Å². The molecule has 2 aromatic carbocycles. The van der Waals surface area contributed by atoms with E-state index < -0.39 is 18.1 Å². The molecular weight excluding hydrogens is 294 g/mol. The van der Waals surface area contributed by atoms with Crippen LogP contribution in [0.4, 0.5) is 5.69 Å². The van der Waals surface area contributed by atoms with Crippen molar-refractivity contribution in [3.05, 3.63) is 59.7 Å². The predicted molar refractivity (Wildman–Crippen MR) is 85.6 cm³/mol. The lowest BCUT2D eigenvalue weighted by atomic mass is 10.0. The summed E-state index contributed by atoms with van der Waals surface area (Å²) in [5.74, 6) is -0.915. The van der Waals surface area contributed by atoms with Gasteiger partial charge in [0.25, 0.3) is 5.91 Å². The van der Waals surface area contributed by atoms with Crippen molar-refractivity contribution in [2.24, 2.45) is 0 Å². The van der Waals surface area contributed by atoms with Crippen LogP contribution < -0.4 is 9.64 Å². The molecule has 5 nitrogen and oxygen atoms in total. The first-order valence-corrected chi connectivity index (χ1v) is 7.37. The van der Waals surface area contributed by atoms with Crippen molar-refractivity contribution in [1.82, 2.24) is 0 Å². The van der Waals surface area contributed by atoms with Crippen LogP contribution in [0, 0.1) is 6.92 Å². The summed E-state index contributed by atoms with van der Waals surface area (Å²) in [5, 5.41) is 9.73. The van der Waals surface area contributed by atoms with Crippen LogP contribution in [0.5, 0.6) is 5.75 Å². The van der Waals surface area contributed by atoms with Crippen LogP contribution in [-0.2, 0) is 9.59 Å². The van der Waals surface area contributed by atoms with E-state index in [9.17, 15) is 14.7 Å². The molecule has 0 bridgehead atoms. The zero-order valence-electron chi connectivity index (χ0n) is 12.9. The van der Waals surface area contributed by atoms with Crippen LogP contribution in [0.15, 0.2) is 48.5 Å². The van der Waals surface area contributed by atoms with Crippen molar-refractivity contribution in [2.75, 3.05) is 4.90 Å². The molecular formula is C18H17NO4. The van der Waals surface area contributed by atoms with Gasteiger partial charge in [-0.3, -0.25) is 9.69 Å². The lowest BCUT2D eigenvalue weighted by Crippen LogP contribution is -2.48. The normalized spacial score (nSPS) is 18.1. The third kappa shape index (κ3) is 2.65. The molecule has 5 heteroatoms. The van der Waals surface area contributed by atoms with E-state index in [1.54, 1.807) is 37.3 Å². The first-order chi connectivity index (χ1) is 11.0. The second kappa shape index (κ2) is 5.76. The Bertz CT molecular complexity index is 757. The number of anilines is 1. The Kier molecular flexibility index (Phi) is 3.78. The highest BCUT2D eigenvalue weighted by molar-refractivity contribution is 6.04. The van der Waals surface area contributed by atoms with Gasteiger partial charge in [-0.15, -0.1) is 0 Å². The predicted octanol–water partition coefficient (Wildman–Crippen LogP) is 2.93. The number of carboxylic acids is 1. The van der Waals surface area contributed by atoms with E-state index in [0.717, 1.165) is 5.56 Å². The van der Waals surface area contributed by atoms with Gasteiger partial charge in [-0.25, -0.2) is 4.79 Å². The SMILES string of the molecule is Cc1ccc2c(c1)OC(C)C(=O)N2C(C(=O)O)c1ccccc1. The van der Waals surface area contributed by atoms with Gasteiger partial charge in [0.2, 0.25) is 0 Å². The zero-order chi connectivity index (χ0) is 16.6. The van der Waals surface area contributed by atoms with E-state index in [2.05, 4.69) is 0 Å². The molecule has 3 rings (SSSR count). The molecule has 0 aromatic heterocycles. The maximum Gasteiger partial charge on any atom is 0.331 e. The van der Waals surface area contributed by atoms with Crippen LogP contribution >= 0.6 is 0 Å². The lowest BCUT2D eigenvalue weighted by molar-refractivity contribution is -0.141. The molecule has 2 unspecified atom stereocenters. The number of amides is 1. The Labute approximate surface area is 134 Å². The molecule has 2 atom stereocenters. The largest absolute Gasteiger partial charge is 0.479 e. The van der Waals surface area contributed by atoms with Gasteiger partial charge in [-0.05, 0) is 37.1 Å². The van der Waals surface area contributed by atoms with Crippen molar-refractivity contribution in [2.45, 2.75) is 26.0 Å². The van der Waals surface area contributed by atoms with Gasteiger partial charge in [0.05, 0.1) is 5.69 Å². The Balaban J connectivity index is 2.16. The molecule has 0 radical (unpaired) electrons. The molecule has 1 heterocycles. The van der Waals surface area contributed by atoms with Gasteiger partial charge in [-0.1, -0.05) is 36.4 Å². The highest BCUT2D eigenvalue weighted by atomic mass is 16.5. The summed E-state index contributed by atoms with van der Waals surface area (Å²) >= 11 is 0. The number of fused-ring (bicyclic) bond motifs is 1. The smallest absolute Gasteiger partial charge is 0.331 e. The minimum Gasteiger partial charge on any atom is -0.479 e. The number of aryl methyl sites for hydroxylation is 1. The summed E-state index contributed by atoms with van der Waals surface area (Å²) in [6.45, 7) is 3.55. The maximum atomic E-state index is 12.6. The molecule has 1 aliphatic rings. The average molecular weight is 311 g/mol. The second-order valence-electron chi connectivity index (χ2n) is 5.59. The van der Waals surface area contributed by atoms with E-state index in [0.29, 0.717) is 17.0 Å². The molecule has 0 spiro atoms. The second-order valence-corrected chi connectivity index (χ2v) is 5.59. The number of carbonyl (C=O) groups excluding carboxylic acids is 1. The Morgan fingerprint density at radius 1 is 1.22 bits per heavy atom. The summed E-state index contributed by atoms with van der Waals surface area (Å²) in [4.78, 5) is 25.8. The molecule has 0 saturated heterocycles. The zero-order valence-corrected chi connectivity index (χ0v) is 12.9. The molecule has 118 valence electrons. The number of rotatable bonds is 3. The summed E-state index contributed by atoms with van der Waals surface area (Å²) in [6, 6.07) is 13.0. The molecule has 0 aliphatic carbocycles. The van der Waals surface area contributed by atoms with Crippen LogP contribution in [0.2, 0.25) is 0 Å². The first-order valence-electron chi connectivity index (χ1n) is 7.37. The van der Waals surface area contributed by atoms with Crippen molar-refractivity contribution in [1.29, 1.82) is 0 Å². The number of benzene rings is 2. The van der Waals surface area contributed by atoms with E-state index in [1.807, 2.05) is 25.1 Å². The van der Waals surface area contributed by atoms with Gasteiger partial charge in [-0.2, -0.15) is 0 Å². The molecule has 0 saturated carbocycles. The van der Waals surface area contributed by atoms with Gasteiger partial charge in [0.1, 0.15) is 5.75 Å². The van der Waals surface area contributed by atoms with Crippen molar-refractivity contribution >= 4 is 17.6 Å². The monoisotopic (exact) mass is 311 g/mol. The Hall–Kier alpha value is -2.82. The summed E-state index contributed by atoms with van der Waals surface area (Å²) in [7, 11) is 0. The molecule has 1 aliphatic heterocycles. The highest BCUT2D eigenvalue weighted by Gasteiger charge is 2.40. The Morgan fingerprint density at radius 2 is 1.91 bits per heavy atom. The number of carboxylic acid groups (broad SMARTS) is 1. The van der Waals surface area contributed by atoms with E-state index in [4.69, 9.17) is 4.74 Å². The van der Waals surface area contributed by atoms with Crippen LogP contribution in [-0.4, -0.2) is 23.1 Å². The standard InChI is InChI=1S/C18H17NO4/c1-11-8-9-14-15(10-11)23-12(2)17(20)19(14)16(18(21)22)13-6-4-3-5-7-13/h3-10,12,16H,1-2H3,(H,21,22). The fraction of sp³-hybridized carbons (Fsp3) is 0.222. The van der Waals surface area contributed by atoms with E-state index >= 15 is 0 Å². The third-order valence-corrected chi connectivity index (χ3v) is 3.87. The number of ether oxygens (including phenoxy) is 1. The number of hydrogen-bond acceptors (Lipinski definition) is 3. The maximum absolute atomic E-state index is 12.6. The average Bonchev–Trinajstić information content (AvgIpc) is 2.52. The lowest BCUT2D eigenvalue weighted by Gasteiger charge is -2.36. The molecule has 23 heavy (non-hydrogen) atoms. The molecule has 0 fully saturated rings. The van der Waals surface area contributed by atoms with Crippen molar-refractivity contribution in [3.8, 4) is 5.75 Å². The topological polar surface area (TPSA) is 66.8 Å². The van der Waals surface area contributed by atoms with E-state index in [-0.39, 0.29) is 5.91 Å². The summed E-state index contributed by atoms with van der Waals surface area (Å²) in [5.41, 5.74) is 2.01. The van der Waals surface area contributed by atoms with Crippen LogP contribution in [0.25, 0.3) is 0 Å². The number of nitrogens with zero attached hydrogens (tertiary/aromatic N) is 1. The minimum absolute atomic E-state index is 0.363. The third-order valence-electron chi connectivity index (χ3n) is 3.87. The first kappa shape index (κ1) is 15.1. The van der Waals surface area contributed by atoms with Gasteiger partial charge < -0.3 is 9.84 Å². The van der Waals surface area contributed by atoms with Crippen LogP contribution in [0.3, 0.4) is 0 Å². The van der Waals surface area contributed by atoms with E-state index in [1.165, 1.54) is 4.90 Å². The number of carbonyl (C=O) groups is 2. The molecule has 1 amide bonds. The van der Waals surface area contributed by atoms with Gasteiger partial charge in [0.15, 0.2) is 12.1 Å². The summed E-state index contributed by atoms with van der Waals surface area (Å²) in [6.07, 6.45) is -0.727. The summed E-state index contributed by atoms with van der Waals surface area (Å²) < 4.78 is 5.64. The number of aliphatic carboxylic acids is 1. The minimum atomic E-state index is -1.09. The van der Waals surface area contributed by atoms with Crippen LogP contribution in [0.1, 0.15) is 24.1 Å². The Morgan fingerprint density at radius 3 is 2.57 bits per heavy atom. The van der Waals surface area contributed by atoms with Gasteiger partial charge >= 0.3 is 5.97 Å². The van der Waals surface area contributed by atoms with Crippen molar-refractivity contribution in [3.63, 3.8) is 0 Å². The van der Waals surface area contributed by atoms with Crippen molar-refractivity contribution < 1.29 is 19.4 Å². The molecule has 1 N–H and O–H groups in total. The highest BCUT2D eigenvalue weighted by Crippen LogP contribution is 2.39. The fourth-order valence-corrected chi connectivity index (χ4v) is 2.77. The number of hydrogen-bond donors (Lipinski definition) is 1. The quantitative estimate of drug-likeness (QED) is 0.946. The molecule has 2 aromatic rings.